The van der Waals surface area contributed by atoms with Crippen molar-refractivity contribution in [3.8, 4) is 10.4 Å². The fraction of sp³-hybridized carbons (Fsp3) is 0.227. The third kappa shape index (κ3) is 5.47. The molecule has 1 aromatic heterocycles. The molecule has 3 N–H and O–H groups in total. The third-order valence-electron chi connectivity index (χ3n) is 4.59. The molecule has 1 unspecified atom stereocenters. The van der Waals surface area contributed by atoms with Crippen molar-refractivity contribution in [2.24, 2.45) is 0 Å². The van der Waals surface area contributed by atoms with Crippen LogP contribution in [0.4, 0.5) is 17.1 Å². The van der Waals surface area contributed by atoms with Crippen LogP contribution in [0.15, 0.2) is 60.0 Å². The van der Waals surface area contributed by atoms with Gasteiger partial charge < -0.3 is 16.0 Å². The molecular formula is C22H26N4O2S2. The molecule has 6 nitrogen and oxygen atoms in total. The summed E-state index contributed by atoms with van der Waals surface area (Å²) in [7, 11) is 2.80. The van der Waals surface area contributed by atoms with Crippen LogP contribution in [0.3, 0.4) is 0 Å². The Morgan fingerprint density at radius 3 is 2.43 bits per heavy atom. The molecule has 0 saturated carbocycles. The van der Waals surface area contributed by atoms with Gasteiger partial charge in [0.2, 0.25) is 0 Å². The minimum absolute atomic E-state index is 0.242. The van der Waals surface area contributed by atoms with Crippen molar-refractivity contribution in [2.45, 2.75) is 0 Å². The van der Waals surface area contributed by atoms with Gasteiger partial charge in [0.1, 0.15) is 11.0 Å². The molecule has 1 amide bonds. The monoisotopic (exact) mass is 442 g/mol. The molecular weight excluding hydrogens is 416 g/mol. The zero-order chi connectivity index (χ0) is 21.7. The summed E-state index contributed by atoms with van der Waals surface area (Å²) in [5.74, 6) is -0.242. The van der Waals surface area contributed by atoms with Crippen LogP contribution >= 0.6 is 11.3 Å². The quantitative estimate of drug-likeness (QED) is 0.519. The SMILES string of the molecule is CN(C)CCN(c1ccc(C(=O)Nc2cc(-c3cccs3)ccc2N)cc1)S(C)=O. The molecule has 1 atom stereocenters. The number of thiophene rings is 1. The Labute approximate surface area is 183 Å². The lowest BCUT2D eigenvalue weighted by atomic mass is 10.1. The van der Waals surface area contributed by atoms with Crippen molar-refractivity contribution in [1.29, 1.82) is 0 Å². The van der Waals surface area contributed by atoms with Crippen LogP contribution < -0.4 is 15.4 Å². The van der Waals surface area contributed by atoms with Gasteiger partial charge in [0, 0.05) is 35.5 Å². The highest BCUT2D eigenvalue weighted by Gasteiger charge is 2.13. The van der Waals surface area contributed by atoms with Crippen molar-refractivity contribution in [1.82, 2.24) is 4.90 Å². The van der Waals surface area contributed by atoms with E-state index < -0.39 is 11.0 Å². The van der Waals surface area contributed by atoms with Crippen LogP contribution in [-0.4, -0.2) is 48.5 Å². The van der Waals surface area contributed by atoms with Crippen LogP contribution in [0.25, 0.3) is 10.4 Å². The second-order valence-corrected chi connectivity index (χ2v) is 9.35. The summed E-state index contributed by atoms with van der Waals surface area (Å²) in [6, 6.07) is 16.7. The van der Waals surface area contributed by atoms with E-state index in [1.165, 1.54) is 0 Å². The topological polar surface area (TPSA) is 78.7 Å². The van der Waals surface area contributed by atoms with Gasteiger partial charge in [-0.25, -0.2) is 4.21 Å². The number of hydrogen-bond donors (Lipinski definition) is 2. The van der Waals surface area contributed by atoms with Crippen LogP contribution in [-0.2, 0) is 11.0 Å². The summed E-state index contributed by atoms with van der Waals surface area (Å²) < 4.78 is 13.9. The Kier molecular flexibility index (Phi) is 7.25. The lowest BCUT2D eigenvalue weighted by Gasteiger charge is -2.23. The first-order valence-corrected chi connectivity index (χ1v) is 11.8. The van der Waals surface area contributed by atoms with Crippen molar-refractivity contribution >= 4 is 45.3 Å². The number of nitrogens with two attached hydrogens (primary N) is 1. The molecule has 0 aliphatic carbocycles. The van der Waals surface area contributed by atoms with E-state index in [2.05, 4.69) is 5.32 Å². The lowest BCUT2D eigenvalue weighted by Crippen LogP contribution is -2.32. The number of benzene rings is 2. The van der Waals surface area contributed by atoms with Gasteiger partial charge in [-0.3, -0.25) is 9.10 Å². The molecule has 3 aromatic rings. The van der Waals surface area contributed by atoms with E-state index in [9.17, 15) is 9.00 Å². The second kappa shape index (κ2) is 9.88. The zero-order valence-electron chi connectivity index (χ0n) is 17.3. The molecule has 158 valence electrons. The summed E-state index contributed by atoms with van der Waals surface area (Å²) in [6.45, 7) is 1.41. The predicted octanol–water partition coefficient (Wildman–Crippen LogP) is 3.91. The van der Waals surface area contributed by atoms with Crippen LogP contribution in [0.1, 0.15) is 10.4 Å². The Morgan fingerprint density at radius 2 is 1.83 bits per heavy atom. The van der Waals surface area contributed by atoms with Gasteiger partial charge in [0.25, 0.3) is 5.91 Å². The molecule has 0 aliphatic rings. The number of nitrogen functional groups attached to an aromatic ring is 1. The van der Waals surface area contributed by atoms with E-state index in [0.29, 0.717) is 23.5 Å². The maximum Gasteiger partial charge on any atom is 0.255 e. The average Bonchev–Trinajstić information content (AvgIpc) is 3.24. The van der Waals surface area contributed by atoms with E-state index in [1.54, 1.807) is 35.8 Å². The Bertz CT molecular complexity index is 1020. The largest absolute Gasteiger partial charge is 0.397 e. The summed E-state index contributed by atoms with van der Waals surface area (Å²) in [5.41, 5.74) is 9.49. The van der Waals surface area contributed by atoms with Gasteiger partial charge in [0.05, 0.1) is 11.4 Å². The van der Waals surface area contributed by atoms with E-state index in [-0.39, 0.29) is 5.91 Å². The molecule has 30 heavy (non-hydrogen) atoms. The number of hydrogen-bond acceptors (Lipinski definition) is 5. The number of nitrogens with zero attached hydrogens (tertiary/aromatic N) is 2. The van der Waals surface area contributed by atoms with Gasteiger partial charge in [-0.15, -0.1) is 11.3 Å². The Hall–Kier alpha value is -2.68. The van der Waals surface area contributed by atoms with Gasteiger partial charge >= 0.3 is 0 Å². The van der Waals surface area contributed by atoms with Crippen LogP contribution in [0.5, 0.6) is 0 Å². The molecule has 2 aromatic carbocycles. The first kappa shape index (κ1) is 22.0. The van der Waals surface area contributed by atoms with Crippen molar-refractivity contribution in [3.05, 3.63) is 65.5 Å². The van der Waals surface area contributed by atoms with Crippen molar-refractivity contribution in [3.63, 3.8) is 0 Å². The van der Waals surface area contributed by atoms with E-state index in [1.807, 2.05) is 65.1 Å². The fourth-order valence-electron chi connectivity index (χ4n) is 2.93. The molecule has 0 bridgehead atoms. The maximum absolute atomic E-state index is 12.7. The number of rotatable bonds is 8. The molecule has 0 fully saturated rings. The zero-order valence-corrected chi connectivity index (χ0v) is 18.9. The summed E-state index contributed by atoms with van der Waals surface area (Å²) in [4.78, 5) is 15.9. The van der Waals surface area contributed by atoms with Crippen molar-refractivity contribution < 1.29 is 9.00 Å². The van der Waals surface area contributed by atoms with Crippen molar-refractivity contribution in [2.75, 3.05) is 48.8 Å². The maximum atomic E-state index is 12.7. The number of nitrogens with one attached hydrogen (secondary N) is 1. The van der Waals surface area contributed by atoms with Crippen LogP contribution in [0.2, 0.25) is 0 Å². The molecule has 0 spiro atoms. The highest BCUT2D eigenvalue weighted by Crippen LogP contribution is 2.30. The first-order chi connectivity index (χ1) is 14.3. The molecule has 0 saturated heterocycles. The number of anilines is 3. The van der Waals surface area contributed by atoms with Gasteiger partial charge in [-0.05, 0) is 67.5 Å². The highest BCUT2D eigenvalue weighted by atomic mass is 32.2. The standard InChI is InChI=1S/C22H26N4O2S2/c1-25(2)12-13-26(30(3)28)18-9-6-16(7-10-18)22(27)24-20-15-17(8-11-19(20)23)21-5-4-14-29-21/h4-11,14-15H,12-13,23H2,1-3H3,(H,24,27). The highest BCUT2D eigenvalue weighted by molar-refractivity contribution is 7.85. The smallest absolute Gasteiger partial charge is 0.255 e. The molecule has 8 heteroatoms. The summed E-state index contributed by atoms with van der Waals surface area (Å²) >= 11 is 1.63. The molecule has 1 heterocycles. The second-order valence-electron chi connectivity index (χ2n) is 7.11. The number of carbonyl (C=O) groups excluding carboxylic acids is 1. The Morgan fingerprint density at radius 1 is 1.10 bits per heavy atom. The third-order valence-corrected chi connectivity index (χ3v) is 6.52. The van der Waals surface area contributed by atoms with Gasteiger partial charge in [-0.1, -0.05) is 12.1 Å². The van der Waals surface area contributed by atoms with E-state index >= 15 is 0 Å². The predicted molar refractivity (Wildman–Crippen MR) is 129 cm³/mol. The number of amides is 1. The van der Waals surface area contributed by atoms with Gasteiger partial charge in [0.15, 0.2) is 0 Å². The van der Waals surface area contributed by atoms with E-state index in [4.69, 9.17) is 5.73 Å². The van der Waals surface area contributed by atoms with E-state index in [0.717, 1.165) is 22.7 Å². The fourth-order valence-corrected chi connectivity index (χ4v) is 4.41. The first-order valence-electron chi connectivity index (χ1n) is 9.46. The minimum atomic E-state index is -1.15. The number of carbonyl (C=O) groups is 1. The Balaban J connectivity index is 1.75. The van der Waals surface area contributed by atoms with Crippen LogP contribution in [0, 0.1) is 0 Å². The van der Waals surface area contributed by atoms with Gasteiger partial charge in [-0.2, -0.15) is 0 Å². The average molecular weight is 443 g/mol. The molecule has 0 radical (unpaired) electrons. The molecule has 0 aliphatic heterocycles. The molecule has 3 rings (SSSR count). The normalized spacial score (nSPS) is 12.0. The summed E-state index contributed by atoms with van der Waals surface area (Å²) in [6.07, 6.45) is 1.65. The number of likely N-dealkylation sites (N-methyl/N-ethyl adjacent to an activating group) is 1. The minimum Gasteiger partial charge on any atom is -0.397 e. The lowest BCUT2D eigenvalue weighted by molar-refractivity contribution is 0.102. The summed E-state index contributed by atoms with van der Waals surface area (Å²) in [5, 5.41) is 4.91.